The lowest BCUT2D eigenvalue weighted by molar-refractivity contribution is 0.676. The SMILES string of the molecule is CCc1nn(C)cc1CNCCS(C)=O. The maximum Gasteiger partial charge on any atom is 0.0666 e. The third-order valence-electron chi connectivity index (χ3n) is 2.21. The first-order valence-corrected chi connectivity index (χ1v) is 6.88. The second-order valence-electron chi connectivity index (χ2n) is 3.58. The predicted octanol–water partition coefficient (Wildman–Crippen LogP) is 0.451. The van der Waals surface area contributed by atoms with Gasteiger partial charge in [-0.05, 0) is 6.42 Å². The quantitative estimate of drug-likeness (QED) is 0.721. The predicted molar refractivity (Wildman–Crippen MR) is 63.2 cm³/mol. The van der Waals surface area contributed by atoms with Crippen molar-refractivity contribution in [1.82, 2.24) is 15.1 Å². The van der Waals surface area contributed by atoms with Crippen LogP contribution < -0.4 is 5.32 Å². The van der Waals surface area contributed by atoms with E-state index in [4.69, 9.17) is 0 Å². The summed E-state index contributed by atoms with van der Waals surface area (Å²) in [5.41, 5.74) is 2.38. The van der Waals surface area contributed by atoms with Gasteiger partial charge in [0.05, 0.1) is 5.69 Å². The Morgan fingerprint density at radius 1 is 1.60 bits per heavy atom. The molecule has 0 amide bonds. The number of nitrogens with zero attached hydrogens (tertiary/aromatic N) is 2. The van der Waals surface area contributed by atoms with Gasteiger partial charge in [0.1, 0.15) is 0 Å². The third kappa shape index (κ3) is 4.13. The fraction of sp³-hybridized carbons (Fsp3) is 0.700. The fourth-order valence-electron chi connectivity index (χ4n) is 1.47. The van der Waals surface area contributed by atoms with Gasteiger partial charge in [-0.2, -0.15) is 5.10 Å². The Kier molecular flexibility index (Phi) is 4.98. The Labute approximate surface area is 93.5 Å². The molecule has 0 saturated carbocycles. The highest BCUT2D eigenvalue weighted by molar-refractivity contribution is 7.84. The Bertz CT molecular complexity index is 335. The number of hydrogen-bond acceptors (Lipinski definition) is 3. The first-order chi connectivity index (χ1) is 7.13. The van der Waals surface area contributed by atoms with Crippen molar-refractivity contribution in [2.45, 2.75) is 19.9 Å². The Balaban J connectivity index is 2.39. The van der Waals surface area contributed by atoms with Crippen LogP contribution in [0.4, 0.5) is 0 Å². The molecule has 0 aromatic carbocycles. The van der Waals surface area contributed by atoms with E-state index < -0.39 is 10.8 Å². The maximum absolute atomic E-state index is 10.8. The molecule has 1 rings (SSSR count). The van der Waals surface area contributed by atoms with Gasteiger partial charge in [-0.15, -0.1) is 0 Å². The third-order valence-corrected chi connectivity index (χ3v) is 2.99. The summed E-state index contributed by atoms with van der Waals surface area (Å²) in [6, 6.07) is 0. The summed E-state index contributed by atoms with van der Waals surface area (Å²) in [6.45, 7) is 3.71. The molecular formula is C10H19N3OS. The molecule has 5 heteroatoms. The van der Waals surface area contributed by atoms with Crippen molar-refractivity contribution in [2.24, 2.45) is 7.05 Å². The van der Waals surface area contributed by atoms with Gasteiger partial charge in [0, 0.05) is 54.7 Å². The van der Waals surface area contributed by atoms with E-state index in [1.807, 2.05) is 17.9 Å². The van der Waals surface area contributed by atoms with Crippen LogP contribution in [-0.2, 0) is 30.8 Å². The van der Waals surface area contributed by atoms with E-state index in [0.29, 0.717) is 5.75 Å². The lowest BCUT2D eigenvalue weighted by Crippen LogP contribution is -2.20. The van der Waals surface area contributed by atoms with Gasteiger partial charge in [-0.3, -0.25) is 8.89 Å². The van der Waals surface area contributed by atoms with Crippen molar-refractivity contribution in [3.05, 3.63) is 17.5 Å². The van der Waals surface area contributed by atoms with E-state index in [2.05, 4.69) is 17.3 Å². The lowest BCUT2D eigenvalue weighted by atomic mass is 10.2. The average molecular weight is 229 g/mol. The van der Waals surface area contributed by atoms with Crippen molar-refractivity contribution in [2.75, 3.05) is 18.6 Å². The second kappa shape index (κ2) is 6.02. The molecule has 0 fully saturated rings. The normalized spacial score (nSPS) is 13.0. The highest BCUT2D eigenvalue weighted by Gasteiger charge is 2.04. The minimum atomic E-state index is -0.709. The Morgan fingerprint density at radius 2 is 2.33 bits per heavy atom. The smallest absolute Gasteiger partial charge is 0.0666 e. The lowest BCUT2D eigenvalue weighted by Gasteiger charge is -2.02. The standard InChI is InChI=1S/C10H19N3OS/c1-4-10-9(8-13(2)12-10)7-11-5-6-15(3)14/h8,11H,4-7H2,1-3H3. The highest BCUT2D eigenvalue weighted by atomic mass is 32.2. The molecule has 0 radical (unpaired) electrons. The van der Waals surface area contributed by atoms with Crippen molar-refractivity contribution < 1.29 is 4.21 Å². The van der Waals surface area contributed by atoms with Gasteiger partial charge < -0.3 is 5.32 Å². The average Bonchev–Trinajstić information content (AvgIpc) is 2.53. The first-order valence-electron chi connectivity index (χ1n) is 5.15. The zero-order valence-corrected chi connectivity index (χ0v) is 10.4. The summed E-state index contributed by atoms with van der Waals surface area (Å²) in [7, 11) is 1.23. The van der Waals surface area contributed by atoms with Gasteiger partial charge in [0.15, 0.2) is 0 Å². The highest BCUT2D eigenvalue weighted by Crippen LogP contribution is 2.06. The summed E-state index contributed by atoms with van der Waals surface area (Å²) >= 11 is 0. The van der Waals surface area contributed by atoms with Gasteiger partial charge in [0.2, 0.25) is 0 Å². The molecule has 1 heterocycles. The van der Waals surface area contributed by atoms with Gasteiger partial charge in [-0.25, -0.2) is 0 Å². The summed E-state index contributed by atoms with van der Waals surface area (Å²) in [5, 5.41) is 7.63. The van der Waals surface area contributed by atoms with Gasteiger partial charge in [-0.1, -0.05) is 6.92 Å². The van der Waals surface area contributed by atoms with E-state index in [-0.39, 0.29) is 0 Å². The molecule has 0 aliphatic heterocycles. The van der Waals surface area contributed by atoms with Crippen LogP contribution >= 0.6 is 0 Å². The molecular weight excluding hydrogens is 210 g/mol. The topological polar surface area (TPSA) is 46.9 Å². The Morgan fingerprint density at radius 3 is 2.93 bits per heavy atom. The van der Waals surface area contributed by atoms with E-state index in [0.717, 1.165) is 25.2 Å². The van der Waals surface area contributed by atoms with Crippen LogP contribution in [-0.4, -0.2) is 32.5 Å². The van der Waals surface area contributed by atoms with Crippen LogP contribution in [0.2, 0.25) is 0 Å². The molecule has 0 aliphatic rings. The van der Waals surface area contributed by atoms with Crippen LogP contribution in [0.15, 0.2) is 6.20 Å². The minimum absolute atomic E-state index is 0.709. The molecule has 86 valence electrons. The summed E-state index contributed by atoms with van der Waals surface area (Å²) in [4.78, 5) is 0. The summed E-state index contributed by atoms with van der Waals surface area (Å²) in [6.07, 6.45) is 4.72. The van der Waals surface area contributed by atoms with Gasteiger partial charge in [0.25, 0.3) is 0 Å². The van der Waals surface area contributed by atoms with Gasteiger partial charge >= 0.3 is 0 Å². The fourth-order valence-corrected chi connectivity index (χ4v) is 1.90. The molecule has 15 heavy (non-hydrogen) atoms. The zero-order chi connectivity index (χ0) is 11.3. The zero-order valence-electron chi connectivity index (χ0n) is 9.62. The number of aromatic nitrogens is 2. The van der Waals surface area contributed by atoms with Crippen LogP contribution in [0, 0.1) is 0 Å². The summed E-state index contributed by atoms with van der Waals surface area (Å²) in [5.74, 6) is 0.710. The van der Waals surface area contributed by atoms with E-state index >= 15 is 0 Å². The van der Waals surface area contributed by atoms with Crippen LogP contribution in [0.3, 0.4) is 0 Å². The van der Waals surface area contributed by atoms with Crippen molar-refractivity contribution in [3.8, 4) is 0 Å². The van der Waals surface area contributed by atoms with Crippen molar-refractivity contribution >= 4 is 10.8 Å². The van der Waals surface area contributed by atoms with E-state index in [1.54, 1.807) is 6.26 Å². The van der Waals surface area contributed by atoms with Crippen molar-refractivity contribution in [3.63, 3.8) is 0 Å². The van der Waals surface area contributed by atoms with Crippen LogP contribution in [0.1, 0.15) is 18.2 Å². The largest absolute Gasteiger partial charge is 0.312 e. The number of nitrogens with one attached hydrogen (secondary N) is 1. The molecule has 0 aliphatic carbocycles. The molecule has 4 nitrogen and oxygen atoms in total. The molecule has 0 bridgehead atoms. The number of hydrogen-bond donors (Lipinski definition) is 1. The summed E-state index contributed by atoms with van der Waals surface area (Å²) < 4.78 is 12.7. The minimum Gasteiger partial charge on any atom is -0.312 e. The Hall–Kier alpha value is -0.680. The first kappa shape index (κ1) is 12.4. The molecule has 0 saturated heterocycles. The molecule has 0 spiro atoms. The number of rotatable bonds is 6. The van der Waals surface area contributed by atoms with E-state index in [1.165, 1.54) is 5.56 Å². The molecule has 1 unspecified atom stereocenters. The monoisotopic (exact) mass is 229 g/mol. The number of aryl methyl sites for hydroxylation is 2. The molecule has 1 aromatic heterocycles. The van der Waals surface area contributed by atoms with Crippen LogP contribution in [0.25, 0.3) is 0 Å². The van der Waals surface area contributed by atoms with Crippen LogP contribution in [0.5, 0.6) is 0 Å². The molecule has 1 aromatic rings. The molecule has 1 atom stereocenters. The van der Waals surface area contributed by atoms with Crippen molar-refractivity contribution in [1.29, 1.82) is 0 Å². The maximum atomic E-state index is 10.8. The molecule has 1 N–H and O–H groups in total. The second-order valence-corrected chi connectivity index (χ2v) is 5.14. The van der Waals surface area contributed by atoms with E-state index in [9.17, 15) is 4.21 Å².